The van der Waals surface area contributed by atoms with E-state index in [1.54, 1.807) is 0 Å². The van der Waals surface area contributed by atoms with E-state index < -0.39 is 0 Å². The predicted molar refractivity (Wildman–Crippen MR) is 77.3 cm³/mol. The van der Waals surface area contributed by atoms with Crippen molar-refractivity contribution < 1.29 is 0 Å². The number of benzene rings is 1. The first-order valence-electron chi connectivity index (χ1n) is 6.50. The first-order valence-corrected chi connectivity index (χ1v) is 6.87. The summed E-state index contributed by atoms with van der Waals surface area (Å²) < 4.78 is 2.26. The SMILES string of the molecule is CCn1c(CCNC(C)C)nc2cc(Cl)ccc21. The second-order valence-electron chi connectivity index (χ2n) is 4.76. The maximum atomic E-state index is 6.01. The van der Waals surface area contributed by atoms with Crippen molar-refractivity contribution >= 4 is 22.6 Å². The lowest BCUT2D eigenvalue weighted by molar-refractivity contribution is 0.573. The molecular formula is C14H20ClN3. The Balaban J connectivity index is 2.26. The Labute approximate surface area is 113 Å². The molecule has 98 valence electrons. The van der Waals surface area contributed by atoms with Crippen molar-refractivity contribution in [2.24, 2.45) is 0 Å². The highest BCUT2D eigenvalue weighted by molar-refractivity contribution is 6.31. The highest BCUT2D eigenvalue weighted by atomic mass is 35.5. The van der Waals surface area contributed by atoms with Gasteiger partial charge in [0, 0.05) is 30.6 Å². The molecule has 0 saturated carbocycles. The maximum Gasteiger partial charge on any atom is 0.111 e. The summed E-state index contributed by atoms with van der Waals surface area (Å²) in [5.41, 5.74) is 2.16. The summed E-state index contributed by atoms with van der Waals surface area (Å²) in [5, 5.41) is 4.17. The van der Waals surface area contributed by atoms with Gasteiger partial charge < -0.3 is 9.88 Å². The Morgan fingerprint density at radius 1 is 1.39 bits per heavy atom. The van der Waals surface area contributed by atoms with E-state index in [2.05, 4.69) is 35.6 Å². The van der Waals surface area contributed by atoms with Gasteiger partial charge in [-0.3, -0.25) is 0 Å². The summed E-state index contributed by atoms with van der Waals surface area (Å²) in [6, 6.07) is 6.42. The molecule has 0 aliphatic rings. The number of fused-ring (bicyclic) bond motifs is 1. The number of hydrogen-bond donors (Lipinski definition) is 1. The molecule has 3 nitrogen and oxygen atoms in total. The van der Waals surface area contributed by atoms with Crippen LogP contribution >= 0.6 is 11.6 Å². The van der Waals surface area contributed by atoms with Gasteiger partial charge in [-0.2, -0.15) is 0 Å². The summed E-state index contributed by atoms with van der Waals surface area (Å²) in [4.78, 5) is 4.68. The van der Waals surface area contributed by atoms with Crippen molar-refractivity contribution in [3.8, 4) is 0 Å². The van der Waals surface area contributed by atoms with Gasteiger partial charge in [-0.15, -0.1) is 0 Å². The minimum Gasteiger partial charge on any atom is -0.328 e. The molecule has 0 aliphatic heterocycles. The molecule has 0 fully saturated rings. The molecule has 0 amide bonds. The average molecular weight is 266 g/mol. The Morgan fingerprint density at radius 3 is 2.83 bits per heavy atom. The Hall–Kier alpha value is -1.06. The Kier molecular flexibility index (Phi) is 4.25. The average Bonchev–Trinajstić information content (AvgIpc) is 2.65. The Bertz CT molecular complexity index is 531. The lowest BCUT2D eigenvalue weighted by Gasteiger charge is -2.09. The molecule has 2 aromatic rings. The van der Waals surface area contributed by atoms with Crippen molar-refractivity contribution in [2.75, 3.05) is 6.54 Å². The summed E-state index contributed by atoms with van der Waals surface area (Å²) in [5.74, 6) is 1.13. The second kappa shape index (κ2) is 5.72. The standard InChI is InChI=1S/C14H20ClN3/c1-4-18-13-6-5-11(15)9-12(13)17-14(18)7-8-16-10(2)3/h5-6,9-10,16H,4,7-8H2,1-3H3. The first kappa shape index (κ1) is 13.4. The molecule has 18 heavy (non-hydrogen) atoms. The third-order valence-corrected chi connectivity index (χ3v) is 3.24. The molecule has 1 heterocycles. The number of aryl methyl sites for hydroxylation is 1. The van der Waals surface area contributed by atoms with Crippen molar-refractivity contribution in [1.82, 2.24) is 14.9 Å². The van der Waals surface area contributed by atoms with Gasteiger partial charge in [-0.1, -0.05) is 25.4 Å². The third-order valence-electron chi connectivity index (χ3n) is 3.01. The van der Waals surface area contributed by atoms with Crippen molar-refractivity contribution in [3.63, 3.8) is 0 Å². The Morgan fingerprint density at radius 2 is 2.17 bits per heavy atom. The van der Waals surface area contributed by atoms with Gasteiger partial charge in [0.15, 0.2) is 0 Å². The third kappa shape index (κ3) is 2.85. The number of halogens is 1. The molecule has 0 aliphatic carbocycles. The number of nitrogens with zero attached hydrogens (tertiary/aromatic N) is 2. The fraction of sp³-hybridized carbons (Fsp3) is 0.500. The maximum absolute atomic E-state index is 6.01. The number of nitrogens with one attached hydrogen (secondary N) is 1. The van der Waals surface area contributed by atoms with E-state index in [4.69, 9.17) is 11.6 Å². The molecular weight excluding hydrogens is 246 g/mol. The van der Waals surface area contributed by atoms with Crippen LogP contribution in [-0.4, -0.2) is 22.1 Å². The van der Waals surface area contributed by atoms with Crippen LogP contribution in [0.15, 0.2) is 18.2 Å². The quantitative estimate of drug-likeness (QED) is 0.899. The van der Waals surface area contributed by atoms with Gasteiger partial charge >= 0.3 is 0 Å². The smallest absolute Gasteiger partial charge is 0.111 e. The van der Waals surface area contributed by atoms with Gasteiger partial charge in [0.1, 0.15) is 5.82 Å². The van der Waals surface area contributed by atoms with Gasteiger partial charge in [0.25, 0.3) is 0 Å². The normalized spacial score (nSPS) is 11.6. The van der Waals surface area contributed by atoms with E-state index >= 15 is 0 Å². The summed E-state index contributed by atoms with van der Waals surface area (Å²) in [6.45, 7) is 8.35. The zero-order valence-corrected chi connectivity index (χ0v) is 12.0. The fourth-order valence-electron chi connectivity index (χ4n) is 2.17. The van der Waals surface area contributed by atoms with E-state index in [1.165, 1.54) is 5.52 Å². The molecule has 1 N–H and O–H groups in total. The van der Waals surface area contributed by atoms with E-state index in [1.807, 2.05) is 18.2 Å². The molecule has 0 bridgehead atoms. The molecule has 4 heteroatoms. The van der Waals surface area contributed by atoms with E-state index in [9.17, 15) is 0 Å². The zero-order chi connectivity index (χ0) is 13.1. The summed E-state index contributed by atoms with van der Waals surface area (Å²) in [6.07, 6.45) is 0.943. The summed E-state index contributed by atoms with van der Waals surface area (Å²) in [7, 11) is 0. The molecule has 0 spiro atoms. The number of imidazole rings is 1. The molecule has 0 atom stereocenters. The minimum atomic E-state index is 0.513. The second-order valence-corrected chi connectivity index (χ2v) is 5.20. The minimum absolute atomic E-state index is 0.513. The topological polar surface area (TPSA) is 29.9 Å². The molecule has 0 radical (unpaired) electrons. The van der Waals surface area contributed by atoms with Gasteiger partial charge in [-0.25, -0.2) is 4.98 Å². The first-order chi connectivity index (χ1) is 8.61. The number of rotatable bonds is 5. The van der Waals surface area contributed by atoms with Crippen molar-refractivity contribution in [2.45, 2.75) is 39.8 Å². The summed E-state index contributed by atoms with van der Waals surface area (Å²) >= 11 is 6.01. The van der Waals surface area contributed by atoms with Gasteiger partial charge in [0.2, 0.25) is 0 Å². The lowest BCUT2D eigenvalue weighted by Crippen LogP contribution is -2.25. The number of aromatic nitrogens is 2. The van der Waals surface area contributed by atoms with E-state index in [-0.39, 0.29) is 0 Å². The van der Waals surface area contributed by atoms with Gasteiger partial charge in [0.05, 0.1) is 11.0 Å². The van der Waals surface area contributed by atoms with Crippen LogP contribution in [0, 0.1) is 0 Å². The van der Waals surface area contributed by atoms with E-state index in [0.29, 0.717) is 6.04 Å². The zero-order valence-electron chi connectivity index (χ0n) is 11.2. The van der Waals surface area contributed by atoms with Gasteiger partial charge in [-0.05, 0) is 25.1 Å². The largest absolute Gasteiger partial charge is 0.328 e. The molecule has 1 aromatic carbocycles. The van der Waals surface area contributed by atoms with Crippen LogP contribution in [0.4, 0.5) is 0 Å². The number of hydrogen-bond acceptors (Lipinski definition) is 2. The lowest BCUT2D eigenvalue weighted by atomic mass is 10.3. The van der Waals surface area contributed by atoms with Crippen molar-refractivity contribution in [1.29, 1.82) is 0 Å². The van der Waals surface area contributed by atoms with E-state index in [0.717, 1.165) is 35.9 Å². The molecule has 0 unspecified atom stereocenters. The van der Waals surface area contributed by atoms with Crippen molar-refractivity contribution in [3.05, 3.63) is 29.0 Å². The predicted octanol–water partition coefficient (Wildman–Crippen LogP) is 3.25. The van der Waals surface area contributed by atoms with Crippen LogP contribution in [0.1, 0.15) is 26.6 Å². The monoisotopic (exact) mass is 265 g/mol. The van der Waals surface area contributed by atoms with Crippen LogP contribution in [0.2, 0.25) is 5.02 Å². The highest BCUT2D eigenvalue weighted by Gasteiger charge is 2.09. The van der Waals surface area contributed by atoms with Crippen LogP contribution in [-0.2, 0) is 13.0 Å². The van der Waals surface area contributed by atoms with Crippen LogP contribution in [0.25, 0.3) is 11.0 Å². The fourth-order valence-corrected chi connectivity index (χ4v) is 2.34. The highest BCUT2D eigenvalue weighted by Crippen LogP contribution is 2.20. The van der Waals surface area contributed by atoms with Crippen LogP contribution in [0.3, 0.4) is 0 Å². The molecule has 1 aromatic heterocycles. The van der Waals surface area contributed by atoms with Crippen LogP contribution < -0.4 is 5.32 Å². The van der Waals surface area contributed by atoms with Crippen LogP contribution in [0.5, 0.6) is 0 Å². The molecule has 0 saturated heterocycles. The molecule has 2 rings (SSSR count).